The topological polar surface area (TPSA) is 87.6 Å². The van der Waals surface area contributed by atoms with Crippen LogP contribution in [0, 0.1) is 19.8 Å². The number of ether oxygens (including phenoxy) is 1. The van der Waals surface area contributed by atoms with Crippen molar-refractivity contribution < 1.29 is 14.6 Å². The first-order chi connectivity index (χ1) is 13.0. The number of aromatic nitrogens is 2. The van der Waals surface area contributed by atoms with Crippen LogP contribution in [0.5, 0.6) is 11.5 Å². The summed E-state index contributed by atoms with van der Waals surface area (Å²) in [7, 11) is 0. The van der Waals surface area contributed by atoms with E-state index in [2.05, 4.69) is 15.3 Å². The lowest BCUT2D eigenvalue weighted by atomic mass is 10.0. The fourth-order valence-electron chi connectivity index (χ4n) is 3.76. The molecule has 0 saturated carbocycles. The molecule has 1 amide bonds. The number of aryl methyl sites for hydroxylation is 2. The smallest absolute Gasteiger partial charge is 0.227 e. The molecule has 3 heterocycles. The third-order valence-corrected chi connectivity index (χ3v) is 5.19. The standard InChI is InChI=1S/C20H24N4O3/c1-12-9-22-13(2)18(23-12)15-7-16-11-24(20(26)14-3-4-21-10-14)5-6-27-19(16)17(25)8-15/h7-9,14,21,25H,3-6,10-11H2,1-2H3/t14-/m1/s1. The Balaban J connectivity index is 1.69. The quantitative estimate of drug-likeness (QED) is 0.840. The Morgan fingerprint density at radius 1 is 1.37 bits per heavy atom. The maximum Gasteiger partial charge on any atom is 0.227 e. The lowest BCUT2D eigenvalue weighted by Crippen LogP contribution is -2.37. The minimum atomic E-state index is 0.0215. The van der Waals surface area contributed by atoms with E-state index in [-0.39, 0.29) is 17.6 Å². The second-order valence-corrected chi connectivity index (χ2v) is 7.23. The van der Waals surface area contributed by atoms with Gasteiger partial charge in [-0.2, -0.15) is 0 Å². The Kier molecular flexibility index (Phi) is 4.70. The van der Waals surface area contributed by atoms with Crippen LogP contribution in [0.3, 0.4) is 0 Å². The van der Waals surface area contributed by atoms with Gasteiger partial charge in [-0.3, -0.25) is 9.78 Å². The predicted molar refractivity (Wildman–Crippen MR) is 100 cm³/mol. The van der Waals surface area contributed by atoms with Gasteiger partial charge in [0.15, 0.2) is 11.5 Å². The van der Waals surface area contributed by atoms with Crippen LogP contribution in [0.15, 0.2) is 18.3 Å². The molecule has 7 nitrogen and oxygen atoms in total. The van der Waals surface area contributed by atoms with Gasteiger partial charge in [0.05, 0.1) is 29.5 Å². The molecule has 2 aromatic rings. The summed E-state index contributed by atoms with van der Waals surface area (Å²) in [5.74, 6) is 0.694. The van der Waals surface area contributed by atoms with Crippen molar-refractivity contribution in [1.29, 1.82) is 0 Å². The van der Waals surface area contributed by atoms with Crippen LogP contribution in [-0.4, -0.2) is 52.1 Å². The summed E-state index contributed by atoms with van der Waals surface area (Å²) < 4.78 is 5.77. The summed E-state index contributed by atoms with van der Waals surface area (Å²) in [5.41, 5.74) is 3.91. The van der Waals surface area contributed by atoms with Gasteiger partial charge in [0.1, 0.15) is 6.61 Å². The summed E-state index contributed by atoms with van der Waals surface area (Å²) in [6.07, 6.45) is 2.59. The van der Waals surface area contributed by atoms with Crippen molar-refractivity contribution in [2.45, 2.75) is 26.8 Å². The Bertz CT molecular complexity index is 878. The number of hydrogen-bond acceptors (Lipinski definition) is 6. The minimum Gasteiger partial charge on any atom is -0.504 e. The van der Waals surface area contributed by atoms with Gasteiger partial charge in [-0.1, -0.05) is 0 Å². The second kappa shape index (κ2) is 7.15. The molecule has 4 rings (SSSR count). The lowest BCUT2D eigenvalue weighted by molar-refractivity contribution is -0.135. The molecule has 1 saturated heterocycles. The van der Waals surface area contributed by atoms with Crippen molar-refractivity contribution in [3.05, 3.63) is 35.3 Å². The van der Waals surface area contributed by atoms with E-state index in [0.29, 0.717) is 25.4 Å². The number of amides is 1. The van der Waals surface area contributed by atoms with E-state index in [1.807, 2.05) is 24.8 Å². The molecule has 1 aromatic carbocycles. The fraction of sp³-hybridized carbons (Fsp3) is 0.450. The fourth-order valence-corrected chi connectivity index (χ4v) is 3.76. The highest BCUT2D eigenvalue weighted by atomic mass is 16.5. The number of carbonyl (C=O) groups is 1. The number of hydrogen-bond donors (Lipinski definition) is 2. The van der Waals surface area contributed by atoms with E-state index < -0.39 is 0 Å². The number of nitrogens with one attached hydrogen (secondary N) is 1. The summed E-state index contributed by atoms with van der Waals surface area (Å²) in [6.45, 7) is 6.70. The van der Waals surface area contributed by atoms with E-state index in [9.17, 15) is 9.90 Å². The largest absolute Gasteiger partial charge is 0.504 e. The lowest BCUT2D eigenvalue weighted by Gasteiger charge is -2.23. The van der Waals surface area contributed by atoms with Crippen molar-refractivity contribution in [2.75, 3.05) is 26.2 Å². The first kappa shape index (κ1) is 17.7. The first-order valence-corrected chi connectivity index (χ1v) is 9.31. The Morgan fingerprint density at radius 3 is 3.00 bits per heavy atom. The molecule has 1 fully saturated rings. The second-order valence-electron chi connectivity index (χ2n) is 7.23. The molecule has 1 aromatic heterocycles. The molecule has 0 bridgehead atoms. The van der Waals surface area contributed by atoms with Crippen molar-refractivity contribution in [2.24, 2.45) is 5.92 Å². The molecule has 0 unspecified atom stereocenters. The maximum atomic E-state index is 12.8. The van der Waals surface area contributed by atoms with E-state index >= 15 is 0 Å². The van der Waals surface area contributed by atoms with Gasteiger partial charge in [0.2, 0.25) is 5.91 Å². The number of phenolic OH excluding ortho intramolecular Hbond substituents is 1. The number of carbonyl (C=O) groups excluding carboxylic acids is 1. The Labute approximate surface area is 158 Å². The number of phenols is 1. The van der Waals surface area contributed by atoms with Gasteiger partial charge in [-0.25, -0.2) is 4.98 Å². The third kappa shape index (κ3) is 3.47. The number of fused-ring (bicyclic) bond motifs is 1. The third-order valence-electron chi connectivity index (χ3n) is 5.19. The molecule has 2 aliphatic rings. The molecule has 0 radical (unpaired) electrons. The van der Waals surface area contributed by atoms with Crippen molar-refractivity contribution >= 4 is 5.91 Å². The summed E-state index contributed by atoms with van der Waals surface area (Å²) in [4.78, 5) is 23.6. The van der Waals surface area contributed by atoms with Crippen LogP contribution < -0.4 is 10.1 Å². The molecule has 7 heteroatoms. The van der Waals surface area contributed by atoms with Crippen LogP contribution in [0.1, 0.15) is 23.4 Å². The first-order valence-electron chi connectivity index (χ1n) is 9.31. The Morgan fingerprint density at radius 2 is 2.22 bits per heavy atom. The highest BCUT2D eigenvalue weighted by Gasteiger charge is 2.30. The van der Waals surface area contributed by atoms with E-state index in [4.69, 9.17) is 4.74 Å². The number of rotatable bonds is 2. The van der Waals surface area contributed by atoms with Gasteiger partial charge in [0.25, 0.3) is 0 Å². The van der Waals surface area contributed by atoms with Crippen LogP contribution in [0.25, 0.3) is 11.3 Å². The minimum absolute atomic E-state index is 0.0215. The zero-order valence-corrected chi connectivity index (χ0v) is 15.7. The molecule has 2 aliphatic heterocycles. The molecule has 1 atom stereocenters. The molecular formula is C20H24N4O3. The van der Waals surface area contributed by atoms with E-state index in [1.54, 1.807) is 12.3 Å². The number of nitrogens with zero attached hydrogens (tertiary/aromatic N) is 3. The van der Waals surface area contributed by atoms with Gasteiger partial charge in [-0.05, 0) is 38.9 Å². The zero-order valence-electron chi connectivity index (χ0n) is 15.7. The van der Waals surface area contributed by atoms with E-state index in [0.717, 1.165) is 47.7 Å². The van der Waals surface area contributed by atoms with Crippen LogP contribution in [-0.2, 0) is 11.3 Å². The average molecular weight is 368 g/mol. The summed E-state index contributed by atoms with van der Waals surface area (Å²) in [5, 5.41) is 13.8. The Hall–Kier alpha value is -2.67. The summed E-state index contributed by atoms with van der Waals surface area (Å²) in [6, 6.07) is 3.61. The van der Waals surface area contributed by atoms with Gasteiger partial charge < -0.3 is 20.1 Å². The van der Waals surface area contributed by atoms with Gasteiger partial charge in [0, 0.05) is 30.4 Å². The maximum absolute atomic E-state index is 12.8. The SMILES string of the molecule is Cc1cnc(C)c(-c2cc(O)c3c(c2)CN(C(=O)[C@@H]2CCNC2)CCO3)n1. The molecule has 2 N–H and O–H groups in total. The predicted octanol–water partition coefficient (Wildman–Crippen LogP) is 1.80. The van der Waals surface area contributed by atoms with Crippen LogP contribution in [0.4, 0.5) is 0 Å². The van der Waals surface area contributed by atoms with Crippen molar-refractivity contribution in [3.63, 3.8) is 0 Å². The van der Waals surface area contributed by atoms with Gasteiger partial charge >= 0.3 is 0 Å². The number of benzene rings is 1. The highest BCUT2D eigenvalue weighted by molar-refractivity contribution is 5.80. The monoisotopic (exact) mass is 368 g/mol. The van der Waals surface area contributed by atoms with E-state index in [1.165, 1.54) is 0 Å². The molecule has 142 valence electrons. The van der Waals surface area contributed by atoms with Crippen molar-refractivity contribution in [1.82, 2.24) is 20.2 Å². The average Bonchev–Trinajstić information content (AvgIpc) is 3.10. The molecule has 0 aliphatic carbocycles. The highest BCUT2D eigenvalue weighted by Crippen LogP contribution is 2.38. The van der Waals surface area contributed by atoms with Crippen molar-refractivity contribution in [3.8, 4) is 22.8 Å². The molecular weight excluding hydrogens is 344 g/mol. The molecule has 27 heavy (non-hydrogen) atoms. The molecule has 0 spiro atoms. The zero-order chi connectivity index (χ0) is 19.0. The van der Waals surface area contributed by atoms with Crippen LogP contribution >= 0.6 is 0 Å². The van der Waals surface area contributed by atoms with Gasteiger partial charge in [-0.15, -0.1) is 0 Å². The summed E-state index contributed by atoms with van der Waals surface area (Å²) >= 11 is 0. The van der Waals surface area contributed by atoms with Crippen LogP contribution in [0.2, 0.25) is 0 Å². The number of aromatic hydroxyl groups is 1. The normalized spacial score (nSPS) is 19.3.